The molecule has 2 aromatic rings. The van der Waals surface area contributed by atoms with Crippen molar-refractivity contribution in [2.45, 2.75) is 6.92 Å². The van der Waals surface area contributed by atoms with Gasteiger partial charge in [0.25, 0.3) is 0 Å². The highest BCUT2D eigenvalue weighted by Crippen LogP contribution is 2.14. The Balaban J connectivity index is 1.50. The van der Waals surface area contributed by atoms with Gasteiger partial charge >= 0.3 is 11.8 Å². The Morgan fingerprint density at radius 2 is 1.54 bits per heavy atom. The van der Waals surface area contributed by atoms with E-state index in [4.69, 9.17) is 0 Å². The van der Waals surface area contributed by atoms with Crippen LogP contribution in [0.5, 0.6) is 0 Å². The van der Waals surface area contributed by atoms with E-state index in [9.17, 15) is 9.59 Å². The largest absolute Gasteiger partial charge is 0.332 e. The Kier molecular flexibility index (Phi) is 6.98. The van der Waals surface area contributed by atoms with E-state index in [1.54, 1.807) is 4.90 Å². The number of carbonyl (C=O) groups excluding carboxylic acids is 2. The molecule has 2 aromatic carbocycles. The van der Waals surface area contributed by atoms with Gasteiger partial charge in [0.05, 0.1) is 0 Å². The molecule has 1 aliphatic heterocycles. The molecule has 0 saturated carbocycles. The quantitative estimate of drug-likeness (QED) is 0.753. The Morgan fingerprint density at radius 1 is 0.929 bits per heavy atom. The van der Waals surface area contributed by atoms with Gasteiger partial charge in [-0.3, -0.25) is 14.5 Å². The maximum absolute atomic E-state index is 12.7. The van der Waals surface area contributed by atoms with Gasteiger partial charge in [0.2, 0.25) is 0 Å². The lowest BCUT2D eigenvalue weighted by Gasteiger charge is -2.34. The van der Waals surface area contributed by atoms with E-state index in [0.717, 1.165) is 25.3 Å². The third-order valence-electron chi connectivity index (χ3n) is 4.95. The molecule has 5 heteroatoms. The van der Waals surface area contributed by atoms with Gasteiger partial charge in [-0.15, -0.1) is 0 Å². The van der Waals surface area contributed by atoms with Gasteiger partial charge in [0, 0.05) is 45.0 Å². The average molecular weight is 377 g/mol. The van der Waals surface area contributed by atoms with Crippen LogP contribution in [0, 0.1) is 0 Å². The first-order valence-corrected chi connectivity index (χ1v) is 9.79. The van der Waals surface area contributed by atoms with Crippen LogP contribution in [-0.4, -0.2) is 60.9 Å². The van der Waals surface area contributed by atoms with Crippen molar-refractivity contribution in [3.05, 3.63) is 72.3 Å². The molecule has 0 aromatic heterocycles. The zero-order valence-electron chi connectivity index (χ0n) is 16.3. The number of nitrogens with zero attached hydrogens (tertiary/aromatic N) is 3. The zero-order valence-corrected chi connectivity index (χ0v) is 16.3. The first kappa shape index (κ1) is 19.8. The molecule has 2 amide bonds. The van der Waals surface area contributed by atoms with Gasteiger partial charge in [-0.05, 0) is 24.6 Å². The van der Waals surface area contributed by atoms with Crippen LogP contribution in [0.1, 0.15) is 12.5 Å². The predicted molar refractivity (Wildman–Crippen MR) is 113 cm³/mol. The number of carbonyl (C=O) groups is 2. The van der Waals surface area contributed by atoms with Crippen LogP contribution in [0.2, 0.25) is 0 Å². The van der Waals surface area contributed by atoms with E-state index in [2.05, 4.69) is 29.2 Å². The summed E-state index contributed by atoms with van der Waals surface area (Å²) in [4.78, 5) is 30.9. The number of hydrogen-bond donors (Lipinski definition) is 0. The number of anilines is 1. The van der Waals surface area contributed by atoms with E-state index in [1.165, 1.54) is 10.5 Å². The lowest BCUT2D eigenvalue weighted by Crippen LogP contribution is -2.53. The highest BCUT2D eigenvalue weighted by Gasteiger charge is 2.29. The summed E-state index contributed by atoms with van der Waals surface area (Å²) in [5.74, 6) is -0.865. The molecule has 28 heavy (non-hydrogen) atoms. The fraction of sp³-hybridized carbons (Fsp3) is 0.304. The number of benzene rings is 2. The SMILES string of the molecule is CCN(C(=O)C(=O)N1CCN(C/C=C/c2ccccc2)CC1)c1ccccc1. The van der Waals surface area contributed by atoms with Gasteiger partial charge in [0.1, 0.15) is 0 Å². The van der Waals surface area contributed by atoms with Crippen LogP contribution >= 0.6 is 0 Å². The minimum atomic E-state index is -0.453. The lowest BCUT2D eigenvalue weighted by atomic mass is 10.2. The van der Waals surface area contributed by atoms with Gasteiger partial charge < -0.3 is 9.80 Å². The second kappa shape index (κ2) is 9.85. The fourth-order valence-corrected chi connectivity index (χ4v) is 3.34. The van der Waals surface area contributed by atoms with Crippen LogP contribution < -0.4 is 4.90 Å². The van der Waals surface area contributed by atoms with Crippen molar-refractivity contribution in [3.8, 4) is 0 Å². The standard InChI is InChI=1S/C23H27N3O2/c1-2-26(21-13-7-4-8-14-21)23(28)22(27)25-18-16-24(17-19-25)15-9-12-20-10-5-3-6-11-20/h3-14H,2,15-19H2,1H3/b12-9+. The predicted octanol–water partition coefficient (Wildman–Crippen LogP) is 2.90. The summed E-state index contributed by atoms with van der Waals surface area (Å²) in [6.45, 7) is 5.90. The van der Waals surface area contributed by atoms with Crippen molar-refractivity contribution in [2.24, 2.45) is 0 Å². The second-order valence-corrected chi connectivity index (χ2v) is 6.79. The first-order chi connectivity index (χ1) is 13.7. The summed E-state index contributed by atoms with van der Waals surface area (Å²) < 4.78 is 0. The molecule has 0 N–H and O–H groups in total. The molecule has 3 rings (SSSR count). The number of amides is 2. The fourth-order valence-electron chi connectivity index (χ4n) is 3.34. The molecule has 146 valence electrons. The van der Waals surface area contributed by atoms with E-state index in [1.807, 2.05) is 55.5 Å². The number of hydrogen-bond acceptors (Lipinski definition) is 3. The molecule has 0 unspecified atom stereocenters. The Labute approximate surface area is 166 Å². The highest BCUT2D eigenvalue weighted by atomic mass is 16.2. The summed E-state index contributed by atoms with van der Waals surface area (Å²) in [5.41, 5.74) is 1.94. The molecule has 5 nitrogen and oxygen atoms in total. The molecule has 0 bridgehead atoms. The normalized spacial score (nSPS) is 15.0. The molecule has 0 spiro atoms. The number of rotatable bonds is 5. The van der Waals surface area contributed by atoms with Gasteiger partial charge in [0.15, 0.2) is 0 Å². The molecule has 1 heterocycles. The maximum Gasteiger partial charge on any atom is 0.316 e. The Morgan fingerprint density at radius 3 is 2.14 bits per heavy atom. The van der Waals surface area contributed by atoms with Crippen LogP contribution in [0.25, 0.3) is 6.08 Å². The van der Waals surface area contributed by atoms with Gasteiger partial charge in [-0.1, -0.05) is 60.7 Å². The van der Waals surface area contributed by atoms with E-state index in [0.29, 0.717) is 19.6 Å². The summed E-state index contributed by atoms with van der Waals surface area (Å²) in [6.07, 6.45) is 4.26. The average Bonchev–Trinajstić information content (AvgIpc) is 2.76. The smallest absolute Gasteiger partial charge is 0.316 e. The molecule has 0 atom stereocenters. The van der Waals surface area contributed by atoms with E-state index in [-0.39, 0.29) is 0 Å². The zero-order chi connectivity index (χ0) is 19.8. The second-order valence-electron chi connectivity index (χ2n) is 6.79. The monoisotopic (exact) mass is 377 g/mol. The maximum atomic E-state index is 12.7. The summed E-state index contributed by atoms with van der Waals surface area (Å²) in [7, 11) is 0. The van der Waals surface area contributed by atoms with Crippen LogP contribution in [0.15, 0.2) is 66.7 Å². The van der Waals surface area contributed by atoms with Crippen molar-refractivity contribution < 1.29 is 9.59 Å². The van der Waals surface area contributed by atoms with Crippen LogP contribution in [0.4, 0.5) is 5.69 Å². The molecule has 0 aliphatic carbocycles. The van der Waals surface area contributed by atoms with Crippen molar-refractivity contribution in [1.29, 1.82) is 0 Å². The van der Waals surface area contributed by atoms with E-state index >= 15 is 0 Å². The van der Waals surface area contributed by atoms with Crippen molar-refractivity contribution in [2.75, 3.05) is 44.2 Å². The minimum absolute atomic E-state index is 0.412. The first-order valence-electron chi connectivity index (χ1n) is 9.79. The third-order valence-corrected chi connectivity index (χ3v) is 4.95. The van der Waals surface area contributed by atoms with Crippen molar-refractivity contribution >= 4 is 23.6 Å². The molecule has 1 aliphatic rings. The van der Waals surface area contributed by atoms with E-state index < -0.39 is 11.8 Å². The summed E-state index contributed by atoms with van der Waals surface area (Å²) in [5, 5.41) is 0. The van der Waals surface area contributed by atoms with Crippen LogP contribution in [-0.2, 0) is 9.59 Å². The van der Waals surface area contributed by atoms with Gasteiger partial charge in [-0.2, -0.15) is 0 Å². The molecule has 1 fully saturated rings. The minimum Gasteiger partial charge on any atom is -0.332 e. The lowest BCUT2D eigenvalue weighted by molar-refractivity contribution is -0.145. The van der Waals surface area contributed by atoms with Crippen molar-refractivity contribution in [1.82, 2.24) is 9.80 Å². The summed E-state index contributed by atoms with van der Waals surface area (Å²) >= 11 is 0. The van der Waals surface area contributed by atoms with Crippen LogP contribution in [0.3, 0.4) is 0 Å². The molecule has 0 radical (unpaired) electrons. The number of piperazine rings is 1. The molecule has 1 saturated heterocycles. The topological polar surface area (TPSA) is 43.9 Å². The number of para-hydroxylation sites is 1. The van der Waals surface area contributed by atoms with Crippen molar-refractivity contribution in [3.63, 3.8) is 0 Å². The van der Waals surface area contributed by atoms with Gasteiger partial charge in [-0.25, -0.2) is 0 Å². The Bertz CT molecular complexity index is 797. The Hall–Kier alpha value is -2.92. The molecular formula is C23H27N3O2. The highest BCUT2D eigenvalue weighted by molar-refractivity contribution is 6.40. The molecular weight excluding hydrogens is 350 g/mol. The summed E-state index contributed by atoms with van der Waals surface area (Å²) in [6, 6.07) is 19.6. The number of likely N-dealkylation sites (N-methyl/N-ethyl adjacent to an activating group) is 1. The third kappa shape index (κ3) is 5.08.